The molecule has 0 radical (unpaired) electrons. The fourth-order valence-electron chi connectivity index (χ4n) is 4.28. The molecule has 7 nitrogen and oxygen atoms in total. The average Bonchev–Trinajstić information content (AvgIpc) is 3.44. The van der Waals surface area contributed by atoms with Gasteiger partial charge in [0.15, 0.2) is 22.9 Å². The number of carbonyl (C=O) groups is 2. The zero-order valence-electron chi connectivity index (χ0n) is 19.1. The van der Waals surface area contributed by atoms with Crippen LogP contribution in [0.15, 0.2) is 82.5 Å². The predicted octanol–water partition coefficient (Wildman–Crippen LogP) is 6.03. The Labute approximate surface area is 209 Å². The molecule has 0 spiro atoms. The van der Waals surface area contributed by atoms with Gasteiger partial charge in [0.1, 0.15) is 11.6 Å². The van der Waals surface area contributed by atoms with Crippen molar-refractivity contribution in [3.05, 3.63) is 100 Å². The summed E-state index contributed by atoms with van der Waals surface area (Å²) in [5.41, 5.74) is 0.873. The van der Waals surface area contributed by atoms with E-state index in [1.807, 2.05) is 0 Å². The smallest absolute Gasteiger partial charge is 0.294 e. The van der Waals surface area contributed by atoms with E-state index < -0.39 is 29.3 Å². The van der Waals surface area contributed by atoms with E-state index in [4.69, 9.17) is 25.5 Å². The minimum atomic E-state index is -1.05. The van der Waals surface area contributed by atoms with Crippen molar-refractivity contribution in [3.63, 3.8) is 0 Å². The maximum Gasteiger partial charge on any atom is 0.294 e. The highest BCUT2D eigenvalue weighted by Gasteiger charge is 2.45. The maximum absolute atomic E-state index is 13.9. The molecule has 5 rings (SSSR count). The highest BCUT2D eigenvalue weighted by atomic mass is 35.5. The minimum Gasteiger partial charge on any atom is -0.503 e. The molecule has 0 bridgehead atoms. The van der Waals surface area contributed by atoms with Gasteiger partial charge in [0.05, 0.1) is 30.9 Å². The van der Waals surface area contributed by atoms with Crippen molar-refractivity contribution in [1.29, 1.82) is 0 Å². The van der Waals surface area contributed by atoms with Crippen molar-refractivity contribution >= 4 is 39.9 Å². The van der Waals surface area contributed by atoms with Gasteiger partial charge in [-0.25, -0.2) is 4.39 Å². The third kappa shape index (κ3) is 3.76. The molecule has 1 aliphatic rings. The fourth-order valence-corrected chi connectivity index (χ4v) is 4.46. The first-order chi connectivity index (χ1) is 17.3. The number of halogens is 2. The number of aliphatic hydroxyl groups excluding tert-OH is 1. The Kier molecular flexibility index (Phi) is 5.89. The molecule has 4 aromatic rings. The van der Waals surface area contributed by atoms with E-state index in [-0.39, 0.29) is 22.0 Å². The molecule has 0 saturated carbocycles. The molecule has 1 unspecified atom stereocenters. The minimum absolute atomic E-state index is 0.0821. The van der Waals surface area contributed by atoms with Gasteiger partial charge in [0.2, 0.25) is 5.78 Å². The lowest BCUT2D eigenvalue weighted by Gasteiger charge is -2.27. The van der Waals surface area contributed by atoms with Gasteiger partial charge in [-0.1, -0.05) is 35.9 Å². The molecule has 9 heteroatoms. The molecular weight excluding hydrogens is 489 g/mol. The fraction of sp³-hybridized carbons (Fsp3) is 0.111. The Morgan fingerprint density at radius 1 is 1.06 bits per heavy atom. The quantitative estimate of drug-likeness (QED) is 0.321. The third-order valence-corrected chi connectivity index (χ3v) is 6.31. The summed E-state index contributed by atoms with van der Waals surface area (Å²) >= 11 is 5.98. The summed E-state index contributed by atoms with van der Waals surface area (Å²) < 4.78 is 30.2. The number of hydrogen-bond donors (Lipinski definition) is 1. The summed E-state index contributed by atoms with van der Waals surface area (Å²) in [6, 6.07) is 16.1. The van der Waals surface area contributed by atoms with Crippen LogP contribution < -0.4 is 14.4 Å². The maximum atomic E-state index is 13.9. The van der Waals surface area contributed by atoms with E-state index in [1.54, 1.807) is 42.5 Å². The van der Waals surface area contributed by atoms with E-state index in [9.17, 15) is 19.1 Å². The number of aliphatic hydroxyl groups is 1. The van der Waals surface area contributed by atoms with Crippen LogP contribution in [0.3, 0.4) is 0 Å². The number of anilines is 1. The number of benzene rings is 3. The van der Waals surface area contributed by atoms with Crippen LogP contribution >= 0.6 is 11.6 Å². The number of hydrogen-bond acceptors (Lipinski definition) is 6. The SMILES string of the molecule is COc1ccc(C2C(C(=O)c3cc4cccc(OC)c4o3)=C(O)C(=O)N2c2ccc(F)c(Cl)c2)cc1. The zero-order valence-corrected chi connectivity index (χ0v) is 19.9. The highest BCUT2D eigenvalue weighted by Crippen LogP contribution is 2.43. The Morgan fingerprint density at radius 3 is 2.47 bits per heavy atom. The average molecular weight is 508 g/mol. The van der Waals surface area contributed by atoms with E-state index >= 15 is 0 Å². The number of ether oxygens (including phenoxy) is 2. The standard InChI is InChI=1S/C27H19ClFNO6/c1-34-17-9-6-14(7-10-17)23-22(24(31)21-12-15-4-3-5-20(35-2)26(15)36-21)25(32)27(33)30(23)16-8-11-19(29)18(28)13-16/h3-13,23,32H,1-2H3. The van der Waals surface area contributed by atoms with Crippen LogP contribution in [0, 0.1) is 5.82 Å². The van der Waals surface area contributed by atoms with E-state index in [1.165, 1.54) is 37.3 Å². The number of nitrogens with zero attached hydrogens (tertiary/aromatic N) is 1. The summed E-state index contributed by atoms with van der Waals surface area (Å²) in [5, 5.41) is 11.3. The predicted molar refractivity (Wildman–Crippen MR) is 131 cm³/mol. The summed E-state index contributed by atoms with van der Waals surface area (Å²) in [6.45, 7) is 0. The van der Waals surface area contributed by atoms with Crippen molar-refractivity contribution in [2.45, 2.75) is 6.04 Å². The number of methoxy groups -OCH3 is 2. The number of para-hydroxylation sites is 1. The molecule has 36 heavy (non-hydrogen) atoms. The molecule has 1 atom stereocenters. The lowest BCUT2D eigenvalue weighted by molar-refractivity contribution is -0.117. The second-order valence-electron chi connectivity index (χ2n) is 8.03. The first kappa shape index (κ1) is 23.4. The van der Waals surface area contributed by atoms with E-state index in [0.717, 1.165) is 6.07 Å². The monoisotopic (exact) mass is 507 g/mol. The second kappa shape index (κ2) is 9.05. The summed E-state index contributed by atoms with van der Waals surface area (Å²) in [6.07, 6.45) is 0. The van der Waals surface area contributed by atoms with Crippen LogP contribution in [0.4, 0.5) is 10.1 Å². The van der Waals surface area contributed by atoms with Crippen LogP contribution in [0.1, 0.15) is 22.2 Å². The van der Waals surface area contributed by atoms with Crippen molar-refractivity contribution in [2.75, 3.05) is 19.1 Å². The van der Waals surface area contributed by atoms with Crippen molar-refractivity contribution in [3.8, 4) is 11.5 Å². The van der Waals surface area contributed by atoms with Gasteiger partial charge >= 0.3 is 0 Å². The van der Waals surface area contributed by atoms with Crippen molar-refractivity contribution in [1.82, 2.24) is 0 Å². The molecular formula is C27H19ClFNO6. The molecule has 2 heterocycles. The Bertz CT molecular complexity index is 1540. The Balaban J connectivity index is 1.66. The molecule has 1 amide bonds. The molecule has 0 fully saturated rings. The van der Waals surface area contributed by atoms with Gasteiger partial charge in [0.25, 0.3) is 5.91 Å². The summed E-state index contributed by atoms with van der Waals surface area (Å²) in [7, 11) is 2.99. The van der Waals surface area contributed by atoms with E-state index in [2.05, 4.69) is 0 Å². The van der Waals surface area contributed by atoms with Crippen molar-refractivity contribution < 1.29 is 33.0 Å². The molecule has 182 valence electrons. The normalized spacial score (nSPS) is 15.6. The molecule has 0 saturated heterocycles. The largest absolute Gasteiger partial charge is 0.503 e. The summed E-state index contributed by atoms with van der Waals surface area (Å²) in [4.78, 5) is 28.2. The number of rotatable bonds is 6. The number of furan rings is 1. The summed E-state index contributed by atoms with van der Waals surface area (Å²) in [5.74, 6) is -2.02. The van der Waals surface area contributed by atoms with Crippen LogP contribution in [0.5, 0.6) is 11.5 Å². The van der Waals surface area contributed by atoms with Crippen LogP contribution in [0.25, 0.3) is 11.0 Å². The van der Waals surface area contributed by atoms with Crippen LogP contribution in [0.2, 0.25) is 5.02 Å². The van der Waals surface area contributed by atoms with Gasteiger partial charge in [-0.05, 0) is 48.0 Å². The van der Waals surface area contributed by atoms with Crippen LogP contribution in [-0.2, 0) is 4.79 Å². The van der Waals surface area contributed by atoms with Crippen molar-refractivity contribution in [2.24, 2.45) is 0 Å². The Morgan fingerprint density at radius 2 is 1.81 bits per heavy atom. The van der Waals surface area contributed by atoms with Gasteiger partial charge in [0, 0.05) is 11.1 Å². The van der Waals surface area contributed by atoms with Gasteiger partial charge in [-0.15, -0.1) is 0 Å². The number of carbonyl (C=O) groups excluding carboxylic acids is 2. The topological polar surface area (TPSA) is 89.2 Å². The first-order valence-electron chi connectivity index (χ1n) is 10.8. The number of ketones is 1. The molecule has 1 aliphatic heterocycles. The van der Waals surface area contributed by atoms with Gasteiger partial charge in [-0.2, -0.15) is 0 Å². The van der Waals surface area contributed by atoms with E-state index in [0.29, 0.717) is 28.0 Å². The highest BCUT2D eigenvalue weighted by molar-refractivity contribution is 6.31. The molecule has 3 aromatic carbocycles. The van der Waals surface area contributed by atoms with Gasteiger partial charge < -0.3 is 19.0 Å². The third-order valence-electron chi connectivity index (χ3n) is 6.02. The van der Waals surface area contributed by atoms with Crippen LogP contribution in [-0.4, -0.2) is 31.0 Å². The number of fused-ring (bicyclic) bond motifs is 1. The number of Topliss-reactive ketones (excluding diaryl/α,β-unsaturated/α-hetero) is 1. The molecule has 1 N–H and O–H groups in total. The first-order valence-corrected chi connectivity index (χ1v) is 11.2. The second-order valence-corrected chi connectivity index (χ2v) is 8.44. The van der Waals surface area contributed by atoms with Gasteiger partial charge in [-0.3, -0.25) is 14.5 Å². The molecule has 0 aliphatic carbocycles. The zero-order chi connectivity index (χ0) is 25.6. The number of amides is 1. The Hall–Kier alpha value is -4.30. The molecule has 1 aromatic heterocycles. The lowest BCUT2D eigenvalue weighted by Crippen LogP contribution is -2.31. The lowest BCUT2D eigenvalue weighted by atomic mass is 9.94.